The normalized spacial score (nSPS) is 16.4. The van der Waals surface area contributed by atoms with Crippen LogP contribution in [0.3, 0.4) is 0 Å². The van der Waals surface area contributed by atoms with Crippen molar-refractivity contribution >= 4 is 23.3 Å². The Bertz CT molecular complexity index is 1280. The highest BCUT2D eigenvalue weighted by Gasteiger charge is 2.24. The van der Waals surface area contributed by atoms with Crippen molar-refractivity contribution in [2.75, 3.05) is 26.3 Å². The Morgan fingerprint density at radius 2 is 2.00 bits per heavy atom. The van der Waals surface area contributed by atoms with Crippen molar-refractivity contribution in [3.63, 3.8) is 0 Å². The molecule has 5 rings (SSSR count). The first-order valence-corrected chi connectivity index (χ1v) is 11.7. The first-order valence-electron chi connectivity index (χ1n) is 11.3. The number of amides is 1. The number of carbonyl (C=O) groups is 1. The average Bonchev–Trinajstić information content (AvgIpc) is 3.13. The first-order chi connectivity index (χ1) is 16.7. The highest BCUT2D eigenvalue weighted by molar-refractivity contribution is 6.30. The van der Waals surface area contributed by atoms with Crippen LogP contribution in [0, 0.1) is 5.92 Å². The summed E-state index contributed by atoms with van der Waals surface area (Å²) >= 11 is 6.18. The van der Waals surface area contributed by atoms with Crippen LogP contribution in [-0.4, -0.2) is 51.7 Å². The molecule has 4 aromatic rings. The number of carbonyl (C=O) groups excluding carboxylic acids is 1. The van der Waals surface area contributed by atoms with Gasteiger partial charge in [0.25, 0.3) is 0 Å². The van der Waals surface area contributed by atoms with Crippen molar-refractivity contribution in [2.45, 2.75) is 13.0 Å². The van der Waals surface area contributed by atoms with E-state index in [0.29, 0.717) is 37.7 Å². The van der Waals surface area contributed by atoms with Crippen molar-refractivity contribution < 1.29 is 14.3 Å². The number of nitrogens with zero attached hydrogens (tertiary/aromatic N) is 4. The predicted molar refractivity (Wildman–Crippen MR) is 130 cm³/mol. The number of pyridine rings is 2. The number of imidazole rings is 1. The minimum absolute atomic E-state index is 0.117. The third-order valence-electron chi connectivity index (χ3n) is 5.84. The SMILES string of the molecule is O=C(OCc1ccccc1)N1CCOCC(Cc2cccc(-c3cnc4ccc(Cl)cn34)n2)C1. The fourth-order valence-electron chi connectivity index (χ4n) is 4.16. The van der Waals surface area contributed by atoms with Gasteiger partial charge in [-0.15, -0.1) is 0 Å². The molecule has 1 unspecified atom stereocenters. The lowest BCUT2D eigenvalue weighted by molar-refractivity contribution is 0.0915. The number of halogens is 1. The third kappa shape index (κ3) is 5.21. The van der Waals surface area contributed by atoms with E-state index >= 15 is 0 Å². The molecule has 1 fully saturated rings. The molecule has 0 bridgehead atoms. The average molecular weight is 477 g/mol. The Morgan fingerprint density at radius 3 is 2.88 bits per heavy atom. The second-order valence-corrected chi connectivity index (χ2v) is 8.80. The Hall–Kier alpha value is -3.42. The van der Waals surface area contributed by atoms with Crippen molar-refractivity contribution in [3.05, 3.63) is 89.3 Å². The molecule has 4 heterocycles. The van der Waals surface area contributed by atoms with Gasteiger partial charge in [0.2, 0.25) is 0 Å². The van der Waals surface area contributed by atoms with Gasteiger partial charge in [0.15, 0.2) is 0 Å². The zero-order valence-electron chi connectivity index (χ0n) is 18.6. The molecule has 1 aliphatic rings. The van der Waals surface area contributed by atoms with Gasteiger partial charge >= 0.3 is 6.09 Å². The smallest absolute Gasteiger partial charge is 0.410 e. The predicted octanol–water partition coefficient (Wildman–Crippen LogP) is 4.88. The molecule has 1 amide bonds. The molecule has 7 nitrogen and oxygen atoms in total. The fourth-order valence-corrected chi connectivity index (χ4v) is 4.32. The molecule has 1 atom stereocenters. The fraction of sp³-hybridized carbons (Fsp3) is 0.269. The molecule has 8 heteroatoms. The summed E-state index contributed by atoms with van der Waals surface area (Å²) in [7, 11) is 0. The van der Waals surface area contributed by atoms with Gasteiger partial charge in [-0.05, 0) is 36.2 Å². The van der Waals surface area contributed by atoms with E-state index in [0.717, 1.165) is 28.3 Å². The number of rotatable bonds is 5. The Kier molecular flexibility index (Phi) is 6.74. The lowest BCUT2D eigenvalue weighted by Gasteiger charge is -2.23. The number of hydrogen-bond acceptors (Lipinski definition) is 5. The summed E-state index contributed by atoms with van der Waals surface area (Å²) in [5, 5.41) is 0.637. The monoisotopic (exact) mass is 476 g/mol. The van der Waals surface area contributed by atoms with E-state index in [4.69, 9.17) is 26.1 Å². The van der Waals surface area contributed by atoms with E-state index in [2.05, 4.69) is 4.98 Å². The van der Waals surface area contributed by atoms with Crippen LogP contribution in [0.25, 0.3) is 17.0 Å². The minimum Gasteiger partial charge on any atom is -0.445 e. The van der Waals surface area contributed by atoms with Crippen LogP contribution >= 0.6 is 11.6 Å². The molecule has 0 spiro atoms. The van der Waals surface area contributed by atoms with Gasteiger partial charge in [-0.3, -0.25) is 9.38 Å². The van der Waals surface area contributed by atoms with E-state index in [9.17, 15) is 4.79 Å². The number of benzene rings is 1. The lowest BCUT2D eigenvalue weighted by Crippen LogP contribution is -2.36. The Labute approximate surface area is 202 Å². The molecule has 1 aromatic carbocycles. The van der Waals surface area contributed by atoms with Gasteiger partial charge in [0.05, 0.1) is 35.8 Å². The zero-order chi connectivity index (χ0) is 23.3. The quantitative estimate of drug-likeness (QED) is 0.410. The van der Waals surface area contributed by atoms with Crippen LogP contribution in [0.5, 0.6) is 0 Å². The first kappa shape index (κ1) is 22.4. The van der Waals surface area contributed by atoms with Crippen LogP contribution in [-0.2, 0) is 22.5 Å². The molecular formula is C26H25ClN4O3. The second-order valence-electron chi connectivity index (χ2n) is 8.36. The molecule has 1 saturated heterocycles. The van der Waals surface area contributed by atoms with Crippen LogP contribution in [0.2, 0.25) is 5.02 Å². The summed E-state index contributed by atoms with van der Waals surface area (Å²) in [5.41, 5.74) is 4.41. The zero-order valence-corrected chi connectivity index (χ0v) is 19.4. The number of ether oxygens (including phenoxy) is 2. The maximum atomic E-state index is 12.7. The summed E-state index contributed by atoms with van der Waals surface area (Å²) in [4.78, 5) is 23.7. The molecule has 0 N–H and O–H groups in total. The van der Waals surface area contributed by atoms with Crippen molar-refractivity contribution in [2.24, 2.45) is 5.92 Å². The topological polar surface area (TPSA) is 69.0 Å². The molecule has 174 valence electrons. The highest BCUT2D eigenvalue weighted by atomic mass is 35.5. The number of fused-ring (bicyclic) bond motifs is 1. The van der Waals surface area contributed by atoms with Crippen molar-refractivity contribution in [1.29, 1.82) is 0 Å². The van der Waals surface area contributed by atoms with Crippen molar-refractivity contribution in [1.82, 2.24) is 19.3 Å². The van der Waals surface area contributed by atoms with Gasteiger partial charge in [-0.25, -0.2) is 9.78 Å². The van der Waals surface area contributed by atoms with E-state index in [1.54, 1.807) is 11.1 Å². The molecule has 1 aliphatic heterocycles. The van der Waals surface area contributed by atoms with Gasteiger partial charge in [0, 0.05) is 30.9 Å². The largest absolute Gasteiger partial charge is 0.445 e. The van der Waals surface area contributed by atoms with Crippen LogP contribution < -0.4 is 0 Å². The maximum absolute atomic E-state index is 12.7. The van der Waals surface area contributed by atoms with Gasteiger partial charge in [0.1, 0.15) is 12.3 Å². The number of hydrogen-bond donors (Lipinski definition) is 0. The summed E-state index contributed by atoms with van der Waals surface area (Å²) < 4.78 is 13.3. The lowest BCUT2D eigenvalue weighted by atomic mass is 10.0. The van der Waals surface area contributed by atoms with Crippen LogP contribution in [0.4, 0.5) is 4.79 Å². The standard InChI is InChI=1S/C26H25ClN4O3/c27-21-9-10-25-28-14-24(31(25)16-21)23-8-4-7-22(29-23)13-20-15-30(11-12-33-17-20)26(32)34-18-19-5-2-1-3-6-19/h1-10,14,16,20H,11-13,15,17-18H2. The van der Waals surface area contributed by atoms with Crippen LogP contribution in [0.15, 0.2) is 73.1 Å². The van der Waals surface area contributed by atoms with E-state index in [1.165, 1.54) is 0 Å². The Balaban J connectivity index is 1.27. The van der Waals surface area contributed by atoms with Crippen molar-refractivity contribution in [3.8, 4) is 11.4 Å². The molecule has 34 heavy (non-hydrogen) atoms. The molecule has 0 saturated carbocycles. The summed E-state index contributed by atoms with van der Waals surface area (Å²) in [6.07, 6.45) is 4.01. The molecule has 0 aliphatic carbocycles. The van der Waals surface area contributed by atoms with Crippen LogP contribution in [0.1, 0.15) is 11.3 Å². The second kappa shape index (κ2) is 10.2. The summed E-state index contributed by atoms with van der Waals surface area (Å²) in [6.45, 7) is 2.39. The minimum atomic E-state index is -0.316. The summed E-state index contributed by atoms with van der Waals surface area (Å²) in [5.74, 6) is 0.117. The third-order valence-corrected chi connectivity index (χ3v) is 6.06. The van der Waals surface area contributed by atoms with E-state index < -0.39 is 0 Å². The molecule has 3 aromatic heterocycles. The van der Waals surface area contributed by atoms with Gasteiger partial charge in [-0.2, -0.15) is 0 Å². The maximum Gasteiger partial charge on any atom is 0.410 e. The van der Waals surface area contributed by atoms with Gasteiger partial charge < -0.3 is 14.4 Å². The summed E-state index contributed by atoms with van der Waals surface area (Å²) in [6, 6.07) is 19.3. The van der Waals surface area contributed by atoms with E-state index in [1.807, 2.05) is 71.3 Å². The molecular weight excluding hydrogens is 452 g/mol. The highest BCUT2D eigenvalue weighted by Crippen LogP contribution is 2.22. The van der Waals surface area contributed by atoms with E-state index in [-0.39, 0.29) is 18.6 Å². The molecule has 0 radical (unpaired) electrons. The number of aromatic nitrogens is 3. The van der Waals surface area contributed by atoms with Gasteiger partial charge in [-0.1, -0.05) is 48.0 Å². The Morgan fingerprint density at radius 1 is 1.12 bits per heavy atom.